The Morgan fingerprint density at radius 1 is 0.968 bits per heavy atom. The normalized spacial score (nSPS) is 19.5. The van der Waals surface area contributed by atoms with Crippen LogP contribution >= 0.6 is 35.0 Å². The molecule has 2 aromatic rings. The van der Waals surface area contributed by atoms with Crippen LogP contribution in [0.4, 0.5) is 11.4 Å². The van der Waals surface area contributed by atoms with Gasteiger partial charge in [0.25, 0.3) is 5.91 Å². The van der Waals surface area contributed by atoms with Crippen molar-refractivity contribution in [3.8, 4) is 0 Å². The summed E-state index contributed by atoms with van der Waals surface area (Å²) in [4.78, 5) is 20.8. The highest BCUT2D eigenvalue weighted by Gasteiger charge is 2.26. The lowest BCUT2D eigenvalue weighted by molar-refractivity contribution is -0.114. The molecule has 2 fully saturated rings. The van der Waals surface area contributed by atoms with Crippen LogP contribution in [0.1, 0.15) is 19.4 Å². The zero-order valence-corrected chi connectivity index (χ0v) is 20.2. The van der Waals surface area contributed by atoms with E-state index in [0.717, 1.165) is 48.1 Å². The third kappa shape index (κ3) is 5.06. The fourth-order valence-electron chi connectivity index (χ4n) is 4.06. The Balaban J connectivity index is 1.57. The lowest BCUT2D eigenvalue weighted by Crippen LogP contribution is -2.49. The van der Waals surface area contributed by atoms with E-state index in [2.05, 4.69) is 41.8 Å². The van der Waals surface area contributed by atoms with Crippen LogP contribution in [0.5, 0.6) is 0 Å². The number of piperazine rings is 1. The van der Waals surface area contributed by atoms with E-state index in [1.165, 1.54) is 5.69 Å². The van der Waals surface area contributed by atoms with Gasteiger partial charge in [-0.15, -0.1) is 11.8 Å². The Labute approximate surface area is 198 Å². The SMILES string of the molecule is CC(C)N1CCN(c2ccccc2/C=C2\SCCN(c3ccc(Cl)c(Cl)c3)C2=O)CC1. The fraction of sp³-hybridized carbons (Fsp3) is 0.375. The van der Waals surface area contributed by atoms with Gasteiger partial charge in [-0.3, -0.25) is 9.69 Å². The quantitative estimate of drug-likeness (QED) is 0.534. The van der Waals surface area contributed by atoms with E-state index >= 15 is 0 Å². The highest BCUT2D eigenvalue weighted by molar-refractivity contribution is 8.04. The summed E-state index contributed by atoms with van der Waals surface area (Å²) in [5, 5.41) is 0.952. The predicted molar refractivity (Wildman–Crippen MR) is 135 cm³/mol. The molecule has 0 unspecified atom stereocenters. The molecule has 0 bridgehead atoms. The molecule has 164 valence electrons. The molecular formula is C24H27Cl2N3OS. The van der Waals surface area contributed by atoms with Gasteiger partial charge in [0.05, 0.1) is 15.0 Å². The van der Waals surface area contributed by atoms with Gasteiger partial charge in [0, 0.05) is 55.9 Å². The van der Waals surface area contributed by atoms with E-state index in [1.54, 1.807) is 28.8 Å². The molecule has 0 spiro atoms. The molecule has 0 N–H and O–H groups in total. The molecule has 4 rings (SSSR count). The van der Waals surface area contributed by atoms with Crippen LogP contribution in [0, 0.1) is 0 Å². The number of rotatable bonds is 4. The Hall–Kier alpha value is -1.66. The molecule has 0 atom stereocenters. The predicted octanol–water partition coefficient (Wildman–Crippen LogP) is 5.64. The lowest BCUT2D eigenvalue weighted by atomic mass is 10.1. The number of para-hydroxylation sites is 1. The first kappa shape index (κ1) is 22.5. The minimum atomic E-state index is 0.00840. The topological polar surface area (TPSA) is 26.8 Å². The van der Waals surface area contributed by atoms with Crippen molar-refractivity contribution >= 4 is 58.3 Å². The largest absolute Gasteiger partial charge is 0.368 e. The van der Waals surface area contributed by atoms with E-state index in [0.29, 0.717) is 22.6 Å². The Kier molecular flexibility index (Phi) is 7.17. The van der Waals surface area contributed by atoms with Gasteiger partial charge in [-0.2, -0.15) is 0 Å². The van der Waals surface area contributed by atoms with Crippen molar-refractivity contribution in [1.29, 1.82) is 0 Å². The summed E-state index contributed by atoms with van der Waals surface area (Å²) >= 11 is 13.9. The highest BCUT2D eigenvalue weighted by Crippen LogP contribution is 2.34. The number of carbonyl (C=O) groups excluding carboxylic acids is 1. The molecule has 2 saturated heterocycles. The average Bonchev–Trinajstić information content (AvgIpc) is 2.78. The summed E-state index contributed by atoms with van der Waals surface area (Å²) in [6, 6.07) is 14.3. The van der Waals surface area contributed by atoms with Crippen LogP contribution in [0.3, 0.4) is 0 Å². The molecule has 1 amide bonds. The summed E-state index contributed by atoms with van der Waals surface area (Å²) in [5.74, 6) is 0.849. The second kappa shape index (κ2) is 9.86. The van der Waals surface area contributed by atoms with E-state index in [1.807, 2.05) is 18.2 Å². The maximum absolute atomic E-state index is 13.3. The van der Waals surface area contributed by atoms with E-state index in [4.69, 9.17) is 23.2 Å². The fourth-order valence-corrected chi connectivity index (χ4v) is 5.29. The van der Waals surface area contributed by atoms with Crippen molar-refractivity contribution < 1.29 is 4.79 Å². The molecule has 2 heterocycles. The van der Waals surface area contributed by atoms with Crippen LogP contribution in [-0.4, -0.2) is 55.3 Å². The number of anilines is 2. The maximum Gasteiger partial charge on any atom is 0.264 e. The van der Waals surface area contributed by atoms with E-state index in [9.17, 15) is 4.79 Å². The second-order valence-electron chi connectivity index (χ2n) is 8.09. The number of halogens is 2. The third-order valence-electron chi connectivity index (χ3n) is 5.85. The molecule has 0 aliphatic carbocycles. The van der Waals surface area contributed by atoms with Gasteiger partial charge in [0.2, 0.25) is 0 Å². The van der Waals surface area contributed by atoms with Crippen LogP contribution < -0.4 is 9.80 Å². The first-order chi connectivity index (χ1) is 14.9. The molecule has 7 heteroatoms. The molecule has 4 nitrogen and oxygen atoms in total. The average molecular weight is 476 g/mol. The van der Waals surface area contributed by atoms with Gasteiger partial charge < -0.3 is 9.80 Å². The molecular weight excluding hydrogens is 449 g/mol. The zero-order valence-electron chi connectivity index (χ0n) is 17.9. The molecule has 31 heavy (non-hydrogen) atoms. The monoisotopic (exact) mass is 475 g/mol. The van der Waals surface area contributed by atoms with Crippen molar-refractivity contribution in [2.75, 3.05) is 48.3 Å². The molecule has 0 saturated carbocycles. The first-order valence-electron chi connectivity index (χ1n) is 10.6. The standard InChI is InChI=1S/C24H27Cl2N3OS/c1-17(2)27-9-11-28(12-10-27)22-6-4-3-5-18(22)15-23-24(30)29(13-14-31-23)19-7-8-20(25)21(26)16-19/h3-8,15-17H,9-14H2,1-2H3/b23-15-. The molecule has 2 aliphatic rings. The summed E-state index contributed by atoms with van der Waals surface area (Å²) in [7, 11) is 0. The number of hydrogen-bond acceptors (Lipinski definition) is 4. The van der Waals surface area contributed by atoms with Crippen LogP contribution in [0.2, 0.25) is 10.0 Å². The minimum absolute atomic E-state index is 0.00840. The summed E-state index contributed by atoms with van der Waals surface area (Å²) in [6.07, 6.45) is 2.04. The van der Waals surface area contributed by atoms with Crippen molar-refractivity contribution in [2.45, 2.75) is 19.9 Å². The minimum Gasteiger partial charge on any atom is -0.368 e. The van der Waals surface area contributed by atoms with Gasteiger partial charge in [-0.25, -0.2) is 0 Å². The number of thioether (sulfide) groups is 1. The maximum atomic E-state index is 13.3. The third-order valence-corrected chi connectivity index (χ3v) is 7.58. The Morgan fingerprint density at radius 3 is 2.42 bits per heavy atom. The Morgan fingerprint density at radius 2 is 1.71 bits per heavy atom. The van der Waals surface area contributed by atoms with E-state index in [-0.39, 0.29) is 5.91 Å². The van der Waals surface area contributed by atoms with Gasteiger partial charge in [-0.05, 0) is 49.8 Å². The second-order valence-corrected chi connectivity index (χ2v) is 10.0. The van der Waals surface area contributed by atoms with Crippen LogP contribution in [0.15, 0.2) is 47.4 Å². The summed E-state index contributed by atoms with van der Waals surface area (Å²) in [5.41, 5.74) is 3.06. The van der Waals surface area contributed by atoms with Gasteiger partial charge in [-0.1, -0.05) is 41.4 Å². The molecule has 2 aliphatic heterocycles. The number of nitrogens with zero attached hydrogens (tertiary/aromatic N) is 3. The smallest absolute Gasteiger partial charge is 0.264 e. The zero-order chi connectivity index (χ0) is 22.0. The lowest BCUT2D eigenvalue weighted by Gasteiger charge is -2.38. The molecule has 0 aromatic heterocycles. The first-order valence-corrected chi connectivity index (χ1v) is 12.4. The van der Waals surface area contributed by atoms with Crippen LogP contribution in [-0.2, 0) is 4.79 Å². The number of carbonyl (C=O) groups is 1. The molecule has 0 radical (unpaired) electrons. The number of benzene rings is 2. The van der Waals surface area contributed by atoms with Crippen molar-refractivity contribution in [2.24, 2.45) is 0 Å². The summed E-state index contributed by atoms with van der Waals surface area (Å²) in [6.45, 7) is 9.25. The number of hydrogen-bond donors (Lipinski definition) is 0. The highest BCUT2D eigenvalue weighted by atomic mass is 35.5. The number of amides is 1. The van der Waals surface area contributed by atoms with Gasteiger partial charge >= 0.3 is 0 Å². The van der Waals surface area contributed by atoms with Gasteiger partial charge in [0.1, 0.15) is 0 Å². The van der Waals surface area contributed by atoms with Gasteiger partial charge in [0.15, 0.2) is 0 Å². The van der Waals surface area contributed by atoms with Crippen molar-refractivity contribution in [1.82, 2.24) is 4.90 Å². The summed E-state index contributed by atoms with van der Waals surface area (Å²) < 4.78 is 0. The van der Waals surface area contributed by atoms with Crippen LogP contribution in [0.25, 0.3) is 6.08 Å². The Bertz CT molecular complexity index is 987. The molecule has 2 aromatic carbocycles. The van der Waals surface area contributed by atoms with E-state index < -0.39 is 0 Å². The van der Waals surface area contributed by atoms with Crippen molar-refractivity contribution in [3.05, 3.63) is 63.0 Å². The van der Waals surface area contributed by atoms with Crippen molar-refractivity contribution in [3.63, 3.8) is 0 Å².